The Hall–Kier alpha value is -2.71. The molecule has 144 valence electrons. The molecular weight excluding hydrogens is 397 g/mol. The van der Waals surface area contributed by atoms with Crippen molar-refractivity contribution in [1.29, 1.82) is 0 Å². The van der Waals surface area contributed by atoms with Gasteiger partial charge in [0.25, 0.3) is 5.91 Å². The van der Waals surface area contributed by atoms with Gasteiger partial charge in [0.1, 0.15) is 16.5 Å². The number of amides is 2. The summed E-state index contributed by atoms with van der Waals surface area (Å²) in [5.74, 6) is -0.564. The van der Waals surface area contributed by atoms with Gasteiger partial charge in [0.15, 0.2) is 4.34 Å². The zero-order chi connectivity index (χ0) is 19.9. The maximum absolute atomic E-state index is 13.1. The van der Waals surface area contributed by atoms with Crippen LogP contribution in [0.4, 0.5) is 9.39 Å². The fourth-order valence-corrected chi connectivity index (χ4v) is 4.28. The first-order valence-electron chi connectivity index (χ1n) is 8.59. The normalized spacial score (nSPS) is 10.5. The second-order valence-electron chi connectivity index (χ2n) is 5.73. The van der Waals surface area contributed by atoms with Crippen LogP contribution in [0.15, 0.2) is 58.9 Å². The molecule has 0 atom stereocenters. The van der Waals surface area contributed by atoms with Gasteiger partial charge in [-0.3, -0.25) is 9.59 Å². The molecule has 0 aliphatic carbocycles. The van der Waals surface area contributed by atoms with Gasteiger partial charge in [0, 0.05) is 17.7 Å². The number of hydrogen-bond donors (Lipinski definition) is 2. The molecule has 5 nitrogen and oxygen atoms in total. The van der Waals surface area contributed by atoms with E-state index in [9.17, 15) is 14.0 Å². The number of carbonyl (C=O) groups excluding carboxylic acids is 2. The predicted octanol–water partition coefficient (Wildman–Crippen LogP) is 4.43. The van der Waals surface area contributed by atoms with Crippen LogP contribution in [0.2, 0.25) is 0 Å². The second kappa shape index (κ2) is 9.48. The minimum absolute atomic E-state index is 0.0686. The molecular formula is C20H18FN3O2S2. The van der Waals surface area contributed by atoms with Gasteiger partial charge < -0.3 is 10.6 Å². The van der Waals surface area contributed by atoms with Gasteiger partial charge in [-0.05, 0) is 31.2 Å². The highest BCUT2D eigenvalue weighted by Crippen LogP contribution is 2.37. The molecule has 0 saturated heterocycles. The minimum atomic E-state index is -0.400. The van der Waals surface area contributed by atoms with E-state index in [-0.39, 0.29) is 17.6 Å². The highest BCUT2D eigenvalue weighted by molar-refractivity contribution is 8.01. The molecule has 0 aliphatic heterocycles. The van der Waals surface area contributed by atoms with Crippen molar-refractivity contribution in [2.45, 2.75) is 11.3 Å². The van der Waals surface area contributed by atoms with Crippen LogP contribution in [0.5, 0.6) is 0 Å². The predicted molar refractivity (Wildman–Crippen MR) is 111 cm³/mol. The summed E-state index contributed by atoms with van der Waals surface area (Å²) in [5.41, 5.74) is 1.85. The number of hydrogen-bond acceptors (Lipinski definition) is 5. The maximum Gasteiger partial charge on any atom is 0.256 e. The quantitative estimate of drug-likeness (QED) is 0.560. The van der Waals surface area contributed by atoms with E-state index in [2.05, 4.69) is 15.6 Å². The molecule has 1 heterocycles. The standard InChI is InChI=1S/C20H18FN3O2S2/c1-2-22-16(25)12-27-20-23-17(13-6-4-3-5-7-13)19(28-20)24-18(26)14-8-10-15(21)11-9-14/h3-11H,2,12H2,1H3,(H,22,25)(H,24,26). The van der Waals surface area contributed by atoms with Crippen LogP contribution in [0, 0.1) is 5.82 Å². The average Bonchev–Trinajstić information content (AvgIpc) is 3.10. The van der Waals surface area contributed by atoms with Crippen molar-refractivity contribution < 1.29 is 14.0 Å². The van der Waals surface area contributed by atoms with Crippen LogP contribution >= 0.6 is 23.1 Å². The second-order valence-corrected chi connectivity index (χ2v) is 7.95. The number of halogens is 1. The van der Waals surface area contributed by atoms with Gasteiger partial charge in [0.05, 0.1) is 5.75 Å². The first kappa shape index (κ1) is 20.0. The van der Waals surface area contributed by atoms with Crippen LogP contribution in [0.1, 0.15) is 17.3 Å². The Labute approximate surface area is 170 Å². The fourth-order valence-electron chi connectivity index (χ4n) is 2.39. The molecule has 2 N–H and O–H groups in total. The first-order valence-corrected chi connectivity index (χ1v) is 10.4. The van der Waals surface area contributed by atoms with Gasteiger partial charge in [-0.1, -0.05) is 53.4 Å². The molecule has 0 spiro atoms. The summed E-state index contributed by atoms with van der Waals surface area (Å²) in [5, 5.41) is 6.18. The molecule has 0 radical (unpaired) electrons. The van der Waals surface area contributed by atoms with Gasteiger partial charge in [0.2, 0.25) is 5.91 Å². The topological polar surface area (TPSA) is 71.1 Å². The van der Waals surface area contributed by atoms with Gasteiger partial charge in [-0.2, -0.15) is 0 Å². The molecule has 2 amide bonds. The Morgan fingerprint density at radius 2 is 1.82 bits per heavy atom. The lowest BCUT2D eigenvalue weighted by atomic mass is 10.1. The summed E-state index contributed by atoms with van der Waals surface area (Å²) in [6, 6.07) is 14.8. The van der Waals surface area contributed by atoms with Gasteiger partial charge >= 0.3 is 0 Å². The summed E-state index contributed by atoms with van der Waals surface area (Å²) >= 11 is 2.62. The summed E-state index contributed by atoms with van der Waals surface area (Å²) in [7, 11) is 0. The Balaban J connectivity index is 1.84. The van der Waals surface area contributed by atoms with E-state index in [4.69, 9.17) is 0 Å². The van der Waals surface area contributed by atoms with Crippen LogP contribution < -0.4 is 10.6 Å². The summed E-state index contributed by atoms with van der Waals surface area (Å²) < 4.78 is 13.8. The van der Waals surface area contributed by atoms with Crippen LogP contribution in [-0.2, 0) is 4.79 Å². The van der Waals surface area contributed by atoms with Crippen molar-refractivity contribution >= 4 is 39.9 Å². The SMILES string of the molecule is CCNC(=O)CSc1nc(-c2ccccc2)c(NC(=O)c2ccc(F)cc2)s1. The molecule has 3 aromatic rings. The third-order valence-corrected chi connectivity index (χ3v) is 5.80. The monoisotopic (exact) mass is 415 g/mol. The number of nitrogens with one attached hydrogen (secondary N) is 2. The Morgan fingerprint density at radius 1 is 1.11 bits per heavy atom. The third kappa shape index (κ3) is 5.17. The van der Waals surface area contributed by atoms with Crippen molar-refractivity contribution in [3.05, 3.63) is 66.0 Å². The maximum atomic E-state index is 13.1. The largest absolute Gasteiger partial charge is 0.356 e. The molecule has 1 aromatic heterocycles. The van der Waals surface area contributed by atoms with E-state index in [1.54, 1.807) is 0 Å². The molecule has 28 heavy (non-hydrogen) atoms. The molecule has 3 rings (SSSR count). The molecule has 0 bridgehead atoms. The van der Waals surface area contributed by atoms with E-state index in [1.807, 2.05) is 37.3 Å². The Kier molecular flexibility index (Phi) is 6.78. The van der Waals surface area contributed by atoms with E-state index in [0.717, 1.165) is 5.56 Å². The summed E-state index contributed by atoms with van der Waals surface area (Å²) in [6.45, 7) is 2.44. The smallest absolute Gasteiger partial charge is 0.256 e. The molecule has 0 saturated carbocycles. The summed E-state index contributed by atoms with van der Waals surface area (Å²) in [6.07, 6.45) is 0. The highest BCUT2D eigenvalue weighted by atomic mass is 32.2. The van der Waals surface area contributed by atoms with Crippen molar-refractivity contribution in [2.24, 2.45) is 0 Å². The van der Waals surface area contributed by atoms with Crippen molar-refractivity contribution in [3.8, 4) is 11.3 Å². The number of carbonyl (C=O) groups is 2. The molecule has 0 aliphatic rings. The Bertz CT molecular complexity index is 959. The van der Waals surface area contributed by atoms with E-state index < -0.39 is 5.82 Å². The number of aromatic nitrogens is 1. The minimum Gasteiger partial charge on any atom is -0.356 e. The van der Waals surface area contributed by atoms with E-state index in [1.165, 1.54) is 47.4 Å². The molecule has 2 aromatic carbocycles. The lowest BCUT2D eigenvalue weighted by molar-refractivity contribution is -0.118. The van der Waals surface area contributed by atoms with Crippen molar-refractivity contribution in [1.82, 2.24) is 10.3 Å². The van der Waals surface area contributed by atoms with E-state index >= 15 is 0 Å². The zero-order valence-electron chi connectivity index (χ0n) is 15.1. The van der Waals surface area contributed by atoms with Crippen molar-refractivity contribution in [3.63, 3.8) is 0 Å². The fraction of sp³-hybridized carbons (Fsp3) is 0.150. The number of anilines is 1. The van der Waals surface area contributed by atoms with Gasteiger partial charge in [-0.15, -0.1) is 0 Å². The number of thiazole rings is 1. The Morgan fingerprint density at radius 3 is 2.50 bits per heavy atom. The van der Waals surface area contributed by atoms with Crippen LogP contribution in [-0.4, -0.2) is 29.1 Å². The lowest BCUT2D eigenvalue weighted by Crippen LogP contribution is -2.24. The molecule has 0 unspecified atom stereocenters. The first-order chi connectivity index (χ1) is 13.6. The highest BCUT2D eigenvalue weighted by Gasteiger charge is 2.17. The zero-order valence-corrected chi connectivity index (χ0v) is 16.7. The number of nitrogens with zero attached hydrogens (tertiary/aromatic N) is 1. The number of thioether (sulfide) groups is 1. The third-order valence-electron chi connectivity index (χ3n) is 3.69. The number of rotatable bonds is 7. The summed E-state index contributed by atoms with van der Waals surface area (Å²) in [4.78, 5) is 28.9. The van der Waals surface area contributed by atoms with Crippen molar-refractivity contribution in [2.75, 3.05) is 17.6 Å². The number of benzene rings is 2. The average molecular weight is 416 g/mol. The molecule has 8 heteroatoms. The van der Waals surface area contributed by atoms with E-state index in [0.29, 0.717) is 27.1 Å². The van der Waals surface area contributed by atoms with Crippen LogP contribution in [0.25, 0.3) is 11.3 Å². The molecule has 0 fully saturated rings. The van der Waals surface area contributed by atoms with Crippen LogP contribution in [0.3, 0.4) is 0 Å². The lowest BCUT2D eigenvalue weighted by Gasteiger charge is -2.05. The van der Waals surface area contributed by atoms with Gasteiger partial charge in [-0.25, -0.2) is 9.37 Å².